The lowest BCUT2D eigenvalue weighted by Gasteiger charge is -2.19. The largest absolute Gasteiger partial charge is 0.390 e. The molecule has 0 amide bonds. The van der Waals surface area contributed by atoms with Crippen molar-refractivity contribution < 1.29 is 5.11 Å². The van der Waals surface area contributed by atoms with Crippen molar-refractivity contribution in [3.8, 4) is 0 Å². The first kappa shape index (κ1) is 13.0. The number of hydrogen-bond acceptors (Lipinski definition) is 5. The molecule has 96 valence electrons. The second-order valence-corrected chi connectivity index (χ2v) is 5.59. The van der Waals surface area contributed by atoms with Gasteiger partial charge in [-0.1, -0.05) is 0 Å². The predicted molar refractivity (Wildman–Crippen MR) is 70.2 cm³/mol. The summed E-state index contributed by atoms with van der Waals surface area (Å²) in [7, 11) is 0. The maximum absolute atomic E-state index is 9.89. The molecule has 2 N–H and O–H groups in total. The number of aliphatic hydroxyl groups excluding tert-OH is 1. The van der Waals surface area contributed by atoms with Crippen LogP contribution in [0.25, 0.3) is 0 Å². The van der Waals surface area contributed by atoms with Gasteiger partial charge in [0.25, 0.3) is 0 Å². The van der Waals surface area contributed by atoms with Crippen molar-refractivity contribution >= 4 is 11.3 Å². The Labute approximate surface area is 107 Å². The van der Waals surface area contributed by atoms with E-state index >= 15 is 0 Å². The zero-order chi connectivity index (χ0) is 12.1. The first-order valence-corrected chi connectivity index (χ1v) is 7.14. The highest BCUT2D eigenvalue weighted by atomic mass is 32.1. The molecule has 1 unspecified atom stereocenters. The van der Waals surface area contributed by atoms with Crippen molar-refractivity contribution in [3.05, 3.63) is 16.1 Å². The molecule has 1 aliphatic heterocycles. The van der Waals surface area contributed by atoms with Gasteiger partial charge >= 0.3 is 0 Å². The molecule has 0 saturated carbocycles. The van der Waals surface area contributed by atoms with Crippen molar-refractivity contribution in [2.75, 3.05) is 26.2 Å². The van der Waals surface area contributed by atoms with Crippen molar-refractivity contribution in [2.45, 2.75) is 32.4 Å². The van der Waals surface area contributed by atoms with E-state index in [-0.39, 0.29) is 6.10 Å². The number of rotatable bonds is 6. The van der Waals surface area contributed by atoms with Gasteiger partial charge in [-0.3, -0.25) is 0 Å². The molecule has 2 rings (SSSR count). The van der Waals surface area contributed by atoms with Crippen LogP contribution in [0.2, 0.25) is 0 Å². The summed E-state index contributed by atoms with van der Waals surface area (Å²) in [5.41, 5.74) is 2.96. The number of aryl methyl sites for hydroxylation is 1. The van der Waals surface area contributed by atoms with E-state index in [2.05, 4.69) is 15.2 Å². The van der Waals surface area contributed by atoms with E-state index in [0.29, 0.717) is 6.54 Å². The lowest BCUT2D eigenvalue weighted by molar-refractivity contribution is 0.123. The molecule has 1 fully saturated rings. The van der Waals surface area contributed by atoms with E-state index in [4.69, 9.17) is 0 Å². The fourth-order valence-corrected chi connectivity index (χ4v) is 2.92. The minimum atomic E-state index is -0.263. The van der Waals surface area contributed by atoms with E-state index in [1.807, 2.05) is 12.4 Å². The van der Waals surface area contributed by atoms with Crippen LogP contribution in [0, 0.1) is 6.92 Å². The Bertz CT molecular complexity index is 336. The Morgan fingerprint density at radius 1 is 1.53 bits per heavy atom. The summed E-state index contributed by atoms with van der Waals surface area (Å²) in [6, 6.07) is 0. The molecular weight excluding hydrogens is 234 g/mol. The minimum absolute atomic E-state index is 0.263. The second-order valence-electron chi connectivity index (χ2n) is 4.65. The van der Waals surface area contributed by atoms with Gasteiger partial charge in [0, 0.05) is 24.5 Å². The van der Waals surface area contributed by atoms with Crippen molar-refractivity contribution in [3.63, 3.8) is 0 Å². The Morgan fingerprint density at radius 2 is 2.29 bits per heavy atom. The van der Waals surface area contributed by atoms with Crippen LogP contribution in [-0.4, -0.2) is 47.3 Å². The molecule has 0 spiro atoms. The number of likely N-dealkylation sites (tertiary alicyclic amines) is 1. The normalized spacial score (nSPS) is 18.7. The van der Waals surface area contributed by atoms with Crippen LogP contribution in [0.5, 0.6) is 0 Å². The van der Waals surface area contributed by atoms with Gasteiger partial charge in [0.05, 0.1) is 17.3 Å². The molecule has 0 radical (unpaired) electrons. The fourth-order valence-electron chi connectivity index (χ4n) is 2.18. The molecule has 1 aromatic heterocycles. The van der Waals surface area contributed by atoms with E-state index in [0.717, 1.165) is 31.9 Å². The minimum Gasteiger partial charge on any atom is -0.390 e. The Morgan fingerprint density at radius 3 is 2.94 bits per heavy atom. The molecule has 2 heterocycles. The fraction of sp³-hybridized carbons (Fsp3) is 0.750. The predicted octanol–water partition coefficient (Wildman–Crippen LogP) is 0.998. The molecule has 5 heteroatoms. The van der Waals surface area contributed by atoms with Crippen molar-refractivity contribution in [2.24, 2.45) is 0 Å². The van der Waals surface area contributed by atoms with Gasteiger partial charge in [-0.15, -0.1) is 11.3 Å². The lowest BCUT2D eigenvalue weighted by Crippen LogP contribution is -2.36. The van der Waals surface area contributed by atoms with Crippen LogP contribution in [-0.2, 0) is 6.54 Å². The summed E-state index contributed by atoms with van der Waals surface area (Å²) in [5.74, 6) is 0. The standard InChI is InChI=1S/C12H21N3OS/c1-10-12(17-9-14-10)7-13-6-11(16)8-15-4-2-3-5-15/h9,11,13,16H,2-8H2,1H3. The van der Waals surface area contributed by atoms with Gasteiger partial charge in [0.15, 0.2) is 0 Å². The third kappa shape index (κ3) is 4.03. The summed E-state index contributed by atoms with van der Waals surface area (Å²) in [5, 5.41) is 13.2. The summed E-state index contributed by atoms with van der Waals surface area (Å²) < 4.78 is 0. The van der Waals surface area contributed by atoms with Gasteiger partial charge < -0.3 is 15.3 Å². The summed E-state index contributed by atoms with van der Waals surface area (Å²) in [6.45, 7) is 6.58. The van der Waals surface area contributed by atoms with Gasteiger partial charge in [0.1, 0.15) is 0 Å². The van der Waals surface area contributed by atoms with Gasteiger partial charge in [-0.2, -0.15) is 0 Å². The van der Waals surface area contributed by atoms with Crippen molar-refractivity contribution in [1.29, 1.82) is 0 Å². The third-order valence-corrected chi connectivity index (χ3v) is 4.11. The topological polar surface area (TPSA) is 48.4 Å². The number of nitrogens with one attached hydrogen (secondary N) is 1. The smallest absolute Gasteiger partial charge is 0.0798 e. The zero-order valence-corrected chi connectivity index (χ0v) is 11.2. The summed E-state index contributed by atoms with van der Waals surface area (Å²) in [4.78, 5) is 7.81. The Kier molecular flexibility index (Phi) is 4.91. The van der Waals surface area contributed by atoms with Gasteiger partial charge in [0.2, 0.25) is 0 Å². The quantitative estimate of drug-likeness (QED) is 0.796. The SMILES string of the molecule is Cc1ncsc1CNCC(O)CN1CCCC1. The third-order valence-electron chi connectivity index (χ3n) is 3.18. The summed E-state index contributed by atoms with van der Waals surface area (Å²) in [6.07, 6.45) is 2.29. The van der Waals surface area contributed by atoms with E-state index in [1.54, 1.807) is 11.3 Å². The number of nitrogens with zero attached hydrogens (tertiary/aromatic N) is 2. The molecule has 4 nitrogen and oxygen atoms in total. The number of hydrogen-bond donors (Lipinski definition) is 2. The van der Waals surface area contributed by atoms with Crippen LogP contribution in [0.4, 0.5) is 0 Å². The molecule has 0 aliphatic carbocycles. The number of thiazole rings is 1. The average molecular weight is 255 g/mol. The number of β-amino-alcohol motifs (C(OH)–C–C–N with tert-alkyl or cyclic N) is 1. The highest BCUT2D eigenvalue weighted by Crippen LogP contribution is 2.11. The maximum atomic E-state index is 9.89. The first-order valence-electron chi connectivity index (χ1n) is 6.26. The average Bonchev–Trinajstić information content (AvgIpc) is 2.91. The zero-order valence-electron chi connectivity index (χ0n) is 10.4. The van der Waals surface area contributed by atoms with Crippen molar-refractivity contribution in [1.82, 2.24) is 15.2 Å². The highest BCUT2D eigenvalue weighted by Gasteiger charge is 2.15. The lowest BCUT2D eigenvalue weighted by atomic mass is 10.3. The first-order chi connectivity index (χ1) is 8.25. The van der Waals surface area contributed by atoms with Crippen LogP contribution < -0.4 is 5.32 Å². The molecule has 1 aromatic rings. The van der Waals surface area contributed by atoms with Crippen LogP contribution in [0.3, 0.4) is 0 Å². The molecule has 1 atom stereocenters. The maximum Gasteiger partial charge on any atom is 0.0798 e. The number of aliphatic hydroxyl groups is 1. The van der Waals surface area contributed by atoms with Crippen LogP contribution in [0.15, 0.2) is 5.51 Å². The van der Waals surface area contributed by atoms with Crippen LogP contribution in [0.1, 0.15) is 23.4 Å². The summed E-state index contributed by atoms with van der Waals surface area (Å²) >= 11 is 1.67. The molecule has 17 heavy (non-hydrogen) atoms. The van der Waals surface area contributed by atoms with Gasteiger partial charge in [-0.05, 0) is 32.9 Å². The Balaban J connectivity index is 1.62. The number of aromatic nitrogens is 1. The van der Waals surface area contributed by atoms with Gasteiger partial charge in [-0.25, -0.2) is 4.98 Å². The monoisotopic (exact) mass is 255 g/mol. The molecule has 1 aliphatic rings. The van der Waals surface area contributed by atoms with E-state index in [1.165, 1.54) is 17.7 Å². The van der Waals surface area contributed by atoms with E-state index < -0.39 is 0 Å². The Hall–Kier alpha value is -0.490. The van der Waals surface area contributed by atoms with Crippen LogP contribution >= 0.6 is 11.3 Å². The molecular formula is C12H21N3OS. The molecule has 0 bridgehead atoms. The van der Waals surface area contributed by atoms with E-state index in [9.17, 15) is 5.11 Å². The highest BCUT2D eigenvalue weighted by molar-refractivity contribution is 7.09. The molecule has 0 aromatic carbocycles. The molecule has 1 saturated heterocycles. The second kappa shape index (κ2) is 6.44.